The van der Waals surface area contributed by atoms with Gasteiger partial charge in [0.15, 0.2) is 0 Å². The van der Waals surface area contributed by atoms with Crippen molar-refractivity contribution in [2.75, 3.05) is 30.5 Å². The minimum absolute atomic E-state index is 0.0867. The number of aromatic nitrogens is 2. The van der Waals surface area contributed by atoms with Gasteiger partial charge in [0.25, 0.3) is 0 Å². The molecule has 0 atom stereocenters. The second kappa shape index (κ2) is 5.62. The van der Waals surface area contributed by atoms with Gasteiger partial charge in [0.05, 0.1) is 6.61 Å². The zero-order valence-electron chi connectivity index (χ0n) is 9.94. The molecular formula is C10H19N5O. The van der Waals surface area contributed by atoms with Gasteiger partial charge in [0.1, 0.15) is 18.0 Å². The quantitative estimate of drug-likeness (QED) is 0.494. The summed E-state index contributed by atoms with van der Waals surface area (Å²) in [6.45, 7) is 4.72. The van der Waals surface area contributed by atoms with Crippen molar-refractivity contribution in [3.05, 3.63) is 11.9 Å². The Bertz CT molecular complexity index is 342. The Balaban J connectivity index is 3.16. The van der Waals surface area contributed by atoms with Gasteiger partial charge in [-0.3, -0.25) is 0 Å². The topological polar surface area (TPSA) is 87.3 Å². The zero-order chi connectivity index (χ0) is 12.1. The summed E-state index contributed by atoms with van der Waals surface area (Å²) in [5, 5.41) is 8.93. The largest absolute Gasteiger partial charge is 0.395 e. The first-order valence-corrected chi connectivity index (χ1v) is 5.25. The molecule has 4 N–H and O–H groups in total. The standard InChI is InChI=1S/C10H19N5O/c1-7(2)8-9(14-11)12-6-13-10(8)15(3)4-5-16/h6-7,16H,4-5,11H2,1-3H3,(H,12,13,14). The van der Waals surface area contributed by atoms with E-state index < -0.39 is 0 Å². The highest BCUT2D eigenvalue weighted by molar-refractivity contribution is 5.59. The number of nitrogen functional groups attached to an aromatic ring is 1. The highest BCUT2D eigenvalue weighted by Crippen LogP contribution is 2.29. The third-order valence-corrected chi connectivity index (χ3v) is 2.37. The van der Waals surface area contributed by atoms with Crippen molar-refractivity contribution in [2.24, 2.45) is 5.84 Å². The van der Waals surface area contributed by atoms with Gasteiger partial charge >= 0.3 is 0 Å². The summed E-state index contributed by atoms with van der Waals surface area (Å²) >= 11 is 0. The number of rotatable bonds is 5. The van der Waals surface area contributed by atoms with Crippen LogP contribution in [-0.2, 0) is 0 Å². The number of hydrogen-bond acceptors (Lipinski definition) is 6. The lowest BCUT2D eigenvalue weighted by Gasteiger charge is -2.23. The Morgan fingerprint density at radius 3 is 2.69 bits per heavy atom. The second-order valence-corrected chi connectivity index (χ2v) is 3.90. The van der Waals surface area contributed by atoms with Crippen LogP contribution in [0.3, 0.4) is 0 Å². The Morgan fingerprint density at radius 2 is 2.19 bits per heavy atom. The zero-order valence-corrected chi connectivity index (χ0v) is 9.94. The maximum absolute atomic E-state index is 8.93. The summed E-state index contributed by atoms with van der Waals surface area (Å²) in [6, 6.07) is 0. The first kappa shape index (κ1) is 12.7. The molecule has 16 heavy (non-hydrogen) atoms. The van der Waals surface area contributed by atoms with Crippen LogP contribution in [0.5, 0.6) is 0 Å². The van der Waals surface area contributed by atoms with E-state index in [0.29, 0.717) is 12.4 Å². The average molecular weight is 225 g/mol. The summed E-state index contributed by atoms with van der Waals surface area (Å²) in [4.78, 5) is 10.2. The van der Waals surface area contributed by atoms with E-state index in [4.69, 9.17) is 10.9 Å². The van der Waals surface area contributed by atoms with Crippen molar-refractivity contribution in [2.45, 2.75) is 19.8 Å². The van der Waals surface area contributed by atoms with Crippen LogP contribution in [0.1, 0.15) is 25.3 Å². The highest BCUT2D eigenvalue weighted by atomic mass is 16.3. The Hall–Kier alpha value is -1.40. The maximum Gasteiger partial charge on any atom is 0.148 e. The van der Waals surface area contributed by atoms with E-state index in [0.717, 1.165) is 11.4 Å². The van der Waals surface area contributed by atoms with E-state index in [1.54, 1.807) is 0 Å². The minimum Gasteiger partial charge on any atom is -0.395 e. The van der Waals surface area contributed by atoms with Crippen LogP contribution in [0.15, 0.2) is 6.33 Å². The molecular weight excluding hydrogens is 206 g/mol. The molecule has 90 valence electrons. The van der Waals surface area contributed by atoms with Crippen LogP contribution < -0.4 is 16.2 Å². The predicted molar refractivity (Wildman–Crippen MR) is 64.3 cm³/mol. The number of anilines is 2. The summed E-state index contributed by atoms with van der Waals surface area (Å²) < 4.78 is 0. The molecule has 0 bridgehead atoms. The average Bonchev–Trinajstić information content (AvgIpc) is 2.28. The van der Waals surface area contributed by atoms with Crippen molar-refractivity contribution in [1.29, 1.82) is 0 Å². The molecule has 0 fully saturated rings. The molecule has 6 nitrogen and oxygen atoms in total. The molecule has 1 aromatic heterocycles. The van der Waals surface area contributed by atoms with Crippen molar-refractivity contribution in [3.8, 4) is 0 Å². The summed E-state index contributed by atoms with van der Waals surface area (Å²) in [5.41, 5.74) is 3.53. The molecule has 1 heterocycles. The molecule has 0 aliphatic heterocycles. The first-order valence-electron chi connectivity index (χ1n) is 5.25. The lowest BCUT2D eigenvalue weighted by molar-refractivity contribution is 0.303. The molecule has 1 aromatic rings. The predicted octanol–water partition coefficient (Wildman–Crippen LogP) is 0.314. The molecule has 0 saturated carbocycles. The van der Waals surface area contributed by atoms with Crippen LogP contribution >= 0.6 is 0 Å². The molecule has 1 rings (SSSR count). The van der Waals surface area contributed by atoms with Crippen LogP contribution in [0.25, 0.3) is 0 Å². The number of hydrogen-bond donors (Lipinski definition) is 3. The first-order chi connectivity index (χ1) is 7.61. The molecule has 0 spiro atoms. The fourth-order valence-corrected chi connectivity index (χ4v) is 1.59. The third kappa shape index (κ3) is 2.59. The van der Waals surface area contributed by atoms with E-state index in [9.17, 15) is 0 Å². The van der Waals surface area contributed by atoms with Crippen LogP contribution in [0, 0.1) is 0 Å². The number of nitrogens with two attached hydrogens (primary N) is 1. The Kier molecular flexibility index (Phi) is 4.45. The molecule has 0 aliphatic rings. The Labute approximate surface area is 95.5 Å². The number of nitrogens with one attached hydrogen (secondary N) is 1. The lowest BCUT2D eigenvalue weighted by atomic mass is 10.0. The SMILES string of the molecule is CC(C)c1c(NN)ncnc1N(C)CCO. The van der Waals surface area contributed by atoms with Gasteiger partial charge in [-0.15, -0.1) is 0 Å². The van der Waals surface area contributed by atoms with Gasteiger partial charge in [-0.2, -0.15) is 0 Å². The van der Waals surface area contributed by atoms with E-state index in [-0.39, 0.29) is 12.5 Å². The molecule has 0 saturated heterocycles. The van der Waals surface area contributed by atoms with Crippen LogP contribution in [-0.4, -0.2) is 35.3 Å². The highest BCUT2D eigenvalue weighted by Gasteiger charge is 2.16. The normalized spacial score (nSPS) is 10.6. The molecule has 0 amide bonds. The van der Waals surface area contributed by atoms with E-state index in [1.807, 2.05) is 11.9 Å². The number of hydrazine groups is 1. The number of aliphatic hydroxyl groups is 1. The fraction of sp³-hybridized carbons (Fsp3) is 0.600. The van der Waals surface area contributed by atoms with Gasteiger partial charge in [0, 0.05) is 19.2 Å². The molecule has 0 aliphatic carbocycles. The number of nitrogens with zero attached hydrogens (tertiary/aromatic N) is 3. The van der Waals surface area contributed by atoms with Crippen LogP contribution in [0.4, 0.5) is 11.6 Å². The molecule has 0 unspecified atom stereocenters. The van der Waals surface area contributed by atoms with Gasteiger partial charge < -0.3 is 15.4 Å². The van der Waals surface area contributed by atoms with E-state index >= 15 is 0 Å². The molecule has 0 radical (unpaired) electrons. The fourth-order valence-electron chi connectivity index (χ4n) is 1.59. The smallest absolute Gasteiger partial charge is 0.148 e. The lowest BCUT2D eigenvalue weighted by Crippen LogP contribution is -2.25. The third-order valence-electron chi connectivity index (χ3n) is 2.37. The minimum atomic E-state index is 0.0867. The molecule has 6 heteroatoms. The monoisotopic (exact) mass is 225 g/mol. The maximum atomic E-state index is 8.93. The second-order valence-electron chi connectivity index (χ2n) is 3.90. The van der Waals surface area contributed by atoms with Gasteiger partial charge in [-0.05, 0) is 5.92 Å². The van der Waals surface area contributed by atoms with Crippen LogP contribution in [0.2, 0.25) is 0 Å². The number of aliphatic hydroxyl groups excluding tert-OH is 1. The molecule has 0 aromatic carbocycles. The van der Waals surface area contributed by atoms with Crippen molar-refractivity contribution >= 4 is 11.6 Å². The van der Waals surface area contributed by atoms with Crippen molar-refractivity contribution < 1.29 is 5.11 Å². The van der Waals surface area contributed by atoms with E-state index in [1.165, 1.54) is 6.33 Å². The summed E-state index contributed by atoms with van der Waals surface area (Å²) in [6.07, 6.45) is 1.46. The van der Waals surface area contributed by atoms with Crippen molar-refractivity contribution in [1.82, 2.24) is 9.97 Å². The summed E-state index contributed by atoms with van der Waals surface area (Å²) in [5.74, 6) is 7.10. The Morgan fingerprint density at radius 1 is 1.50 bits per heavy atom. The summed E-state index contributed by atoms with van der Waals surface area (Å²) in [7, 11) is 1.88. The number of likely N-dealkylation sites (N-methyl/N-ethyl adjacent to an activating group) is 1. The van der Waals surface area contributed by atoms with Gasteiger partial charge in [0.2, 0.25) is 0 Å². The van der Waals surface area contributed by atoms with Gasteiger partial charge in [-0.25, -0.2) is 15.8 Å². The van der Waals surface area contributed by atoms with Gasteiger partial charge in [-0.1, -0.05) is 13.8 Å². The van der Waals surface area contributed by atoms with E-state index in [2.05, 4.69) is 29.2 Å². The van der Waals surface area contributed by atoms with Crippen molar-refractivity contribution in [3.63, 3.8) is 0 Å².